The average molecular weight is 258 g/mol. The van der Waals surface area contributed by atoms with E-state index in [1.54, 1.807) is 0 Å². The molecule has 1 unspecified atom stereocenters. The molecule has 0 N–H and O–H groups in total. The van der Waals surface area contributed by atoms with E-state index in [1.807, 2.05) is 0 Å². The van der Waals surface area contributed by atoms with Crippen LogP contribution in [-0.2, 0) is 11.2 Å². The SMILES string of the molecule is CCC1(CCCCc2ccccc2)CCCC(=O)C1. The molecule has 0 heterocycles. The quantitative estimate of drug-likeness (QED) is 0.661. The van der Waals surface area contributed by atoms with Gasteiger partial charge in [0, 0.05) is 12.8 Å². The summed E-state index contributed by atoms with van der Waals surface area (Å²) < 4.78 is 0. The summed E-state index contributed by atoms with van der Waals surface area (Å²) in [6.45, 7) is 2.26. The zero-order valence-corrected chi connectivity index (χ0v) is 12.2. The summed E-state index contributed by atoms with van der Waals surface area (Å²) in [6, 6.07) is 10.7. The van der Waals surface area contributed by atoms with Crippen LogP contribution in [0.4, 0.5) is 0 Å². The topological polar surface area (TPSA) is 17.1 Å². The normalized spacial score (nSPS) is 23.5. The molecule has 1 fully saturated rings. The van der Waals surface area contributed by atoms with Gasteiger partial charge in [-0.2, -0.15) is 0 Å². The van der Waals surface area contributed by atoms with E-state index in [1.165, 1.54) is 44.1 Å². The first-order valence-corrected chi connectivity index (χ1v) is 7.80. The third kappa shape index (κ3) is 4.19. The number of Topliss-reactive ketones (excluding diaryl/α,β-unsaturated/α-hetero) is 1. The standard InChI is InChI=1S/C18H26O/c1-2-18(14-8-12-17(19)15-18)13-7-6-11-16-9-4-3-5-10-16/h3-5,9-10H,2,6-8,11-15H2,1H3. The molecule has 0 radical (unpaired) electrons. The minimum atomic E-state index is 0.339. The Morgan fingerprint density at radius 2 is 1.95 bits per heavy atom. The minimum Gasteiger partial charge on any atom is -0.300 e. The van der Waals surface area contributed by atoms with Gasteiger partial charge in [-0.15, -0.1) is 0 Å². The van der Waals surface area contributed by atoms with Crippen LogP contribution < -0.4 is 0 Å². The molecule has 1 atom stereocenters. The molecule has 0 aromatic heterocycles. The second-order valence-corrected chi connectivity index (χ2v) is 6.12. The Bertz CT molecular complexity index is 395. The molecule has 104 valence electrons. The van der Waals surface area contributed by atoms with Gasteiger partial charge in [0.05, 0.1) is 0 Å². The van der Waals surface area contributed by atoms with Gasteiger partial charge in [-0.1, -0.05) is 50.1 Å². The van der Waals surface area contributed by atoms with Crippen molar-refractivity contribution in [2.45, 2.75) is 64.7 Å². The Hall–Kier alpha value is -1.11. The third-order valence-corrected chi connectivity index (χ3v) is 4.75. The van der Waals surface area contributed by atoms with Crippen molar-refractivity contribution in [2.75, 3.05) is 0 Å². The van der Waals surface area contributed by atoms with Gasteiger partial charge in [-0.3, -0.25) is 4.79 Å². The molecule has 0 spiro atoms. The second kappa shape index (κ2) is 6.88. The molecule has 0 amide bonds. The van der Waals surface area contributed by atoms with Crippen LogP contribution in [0.5, 0.6) is 0 Å². The van der Waals surface area contributed by atoms with Crippen LogP contribution in [0.2, 0.25) is 0 Å². The van der Waals surface area contributed by atoms with E-state index in [0.29, 0.717) is 11.2 Å². The molecule has 0 saturated heterocycles. The predicted molar refractivity (Wildman–Crippen MR) is 80.2 cm³/mol. The first-order valence-electron chi connectivity index (χ1n) is 7.80. The lowest BCUT2D eigenvalue weighted by Gasteiger charge is -2.35. The number of benzene rings is 1. The van der Waals surface area contributed by atoms with Crippen molar-refractivity contribution in [3.05, 3.63) is 35.9 Å². The Morgan fingerprint density at radius 1 is 1.16 bits per heavy atom. The summed E-state index contributed by atoms with van der Waals surface area (Å²) in [4.78, 5) is 11.7. The number of hydrogen-bond acceptors (Lipinski definition) is 1. The lowest BCUT2D eigenvalue weighted by molar-refractivity contribution is -0.124. The average Bonchev–Trinajstić information content (AvgIpc) is 2.45. The van der Waals surface area contributed by atoms with Crippen LogP contribution in [0.3, 0.4) is 0 Å². The van der Waals surface area contributed by atoms with Gasteiger partial charge >= 0.3 is 0 Å². The molecule has 1 aliphatic carbocycles. The Morgan fingerprint density at radius 3 is 2.63 bits per heavy atom. The fraction of sp³-hybridized carbons (Fsp3) is 0.611. The van der Waals surface area contributed by atoms with Gasteiger partial charge in [0.15, 0.2) is 0 Å². The van der Waals surface area contributed by atoms with Gasteiger partial charge in [-0.25, -0.2) is 0 Å². The van der Waals surface area contributed by atoms with E-state index >= 15 is 0 Å². The van der Waals surface area contributed by atoms with Crippen molar-refractivity contribution in [3.8, 4) is 0 Å². The zero-order valence-electron chi connectivity index (χ0n) is 12.2. The van der Waals surface area contributed by atoms with E-state index in [4.69, 9.17) is 0 Å². The van der Waals surface area contributed by atoms with E-state index in [9.17, 15) is 4.79 Å². The molecule has 1 nitrogen and oxygen atoms in total. The van der Waals surface area contributed by atoms with Crippen molar-refractivity contribution >= 4 is 5.78 Å². The largest absolute Gasteiger partial charge is 0.300 e. The summed E-state index contributed by atoms with van der Waals surface area (Å²) in [5.41, 5.74) is 1.78. The molecule has 1 aromatic carbocycles. The first kappa shape index (κ1) is 14.3. The highest BCUT2D eigenvalue weighted by molar-refractivity contribution is 5.79. The molecule has 0 bridgehead atoms. The number of carbonyl (C=O) groups is 1. The molecular formula is C18H26O. The van der Waals surface area contributed by atoms with E-state index in [0.717, 1.165) is 19.3 Å². The molecule has 0 aliphatic heterocycles. The summed E-state index contributed by atoms with van der Waals surface area (Å²) in [6.07, 6.45) is 10.1. The van der Waals surface area contributed by atoms with Crippen LogP contribution in [0.1, 0.15) is 63.9 Å². The fourth-order valence-electron chi connectivity index (χ4n) is 3.42. The Balaban J connectivity index is 1.76. The van der Waals surface area contributed by atoms with Crippen LogP contribution >= 0.6 is 0 Å². The summed E-state index contributed by atoms with van der Waals surface area (Å²) in [7, 11) is 0. The van der Waals surface area contributed by atoms with E-state index in [-0.39, 0.29) is 0 Å². The Kier molecular flexibility index (Phi) is 5.18. The molecule has 19 heavy (non-hydrogen) atoms. The lowest BCUT2D eigenvalue weighted by Crippen LogP contribution is -2.28. The smallest absolute Gasteiger partial charge is 0.133 e. The highest BCUT2D eigenvalue weighted by Crippen LogP contribution is 2.41. The van der Waals surface area contributed by atoms with Crippen molar-refractivity contribution in [1.29, 1.82) is 0 Å². The highest BCUT2D eigenvalue weighted by atomic mass is 16.1. The monoisotopic (exact) mass is 258 g/mol. The van der Waals surface area contributed by atoms with Crippen LogP contribution in [0, 0.1) is 5.41 Å². The summed E-state index contributed by atoms with van der Waals surface area (Å²) in [5, 5.41) is 0. The molecule has 1 aliphatic rings. The molecule has 1 aromatic rings. The number of unbranched alkanes of at least 4 members (excludes halogenated alkanes) is 1. The minimum absolute atomic E-state index is 0.339. The number of carbonyl (C=O) groups excluding carboxylic acids is 1. The van der Waals surface area contributed by atoms with Crippen molar-refractivity contribution < 1.29 is 4.79 Å². The van der Waals surface area contributed by atoms with E-state index < -0.39 is 0 Å². The van der Waals surface area contributed by atoms with Crippen molar-refractivity contribution in [3.63, 3.8) is 0 Å². The van der Waals surface area contributed by atoms with Gasteiger partial charge in [0.2, 0.25) is 0 Å². The van der Waals surface area contributed by atoms with Crippen LogP contribution in [0.25, 0.3) is 0 Å². The number of aryl methyl sites for hydroxylation is 1. The lowest BCUT2D eigenvalue weighted by atomic mass is 9.69. The first-order chi connectivity index (χ1) is 9.24. The summed E-state index contributed by atoms with van der Waals surface area (Å²) >= 11 is 0. The van der Waals surface area contributed by atoms with Gasteiger partial charge in [0.25, 0.3) is 0 Å². The number of hydrogen-bond donors (Lipinski definition) is 0. The Labute approximate surface area is 117 Å². The van der Waals surface area contributed by atoms with E-state index in [2.05, 4.69) is 37.3 Å². The predicted octanol–water partition coefficient (Wildman–Crippen LogP) is 4.94. The molecule has 1 saturated carbocycles. The summed E-state index contributed by atoms with van der Waals surface area (Å²) in [5.74, 6) is 0.496. The maximum atomic E-state index is 11.7. The van der Waals surface area contributed by atoms with Gasteiger partial charge in [-0.05, 0) is 43.1 Å². The maximum Gasteiger partial charge on any atom is 0.133 e. The zero-order chi connectivity index (χ0) is 13.6. The maximum absolute atomic E-state index is 11.7. The molecule has 2 rings (SSSR count). The van der Waals surface area contributed by atoms with Crippen molar-refractivity contribution in [1.82, 2.24) is 0 Å². The van der Waals surface area contributed by atoms with Crippen molar-refractivity contribution in [2.24, 2.45) is 5.41 Å². The molecule has 1 heteroatoms. The van der Waals surface area contributed by atoms with Crippen LogP contribution in [-0.4, -0.2) is 5.78 Å². The van der Waals surface area contributed by atoms with Gasteiger partial charge in [0.1, 0.15) is 5.78 Å². The van der Waals surface area contributed by atoms with Gasteiger partial charge < -0.3 is 0 Å². The number of rotatable bonds is 6. The molecular weight excluding hydrogens is 232 g/mol. The third-order valence-electron chi connectivity index (χ3n) is 4.75. The fourth-order valence-corrected chi connectivity index (χ4v) is 3.42. The number of ketones is 1. The van der Waals surface area contributed by atoms with Crippen LogP contribution in [0.15, 0.2) is 30.3 Å². The highest BCUT2D eigenvalue weighted by Gasteiger charge is 2.33. The second-order valence-electron chi connectivity index (χ2n) is 6.12.